The number of ether oxygens (including phenoxy) is 2. The van der Waals surface area contributed by atoms with E-state index in [0.717, 1.165) is 18.5 Å². The van der Waals surface area contributed by atoms with Gasteiger partial charge in [-0.15, -0.1) is 0 Å². The summed E-state index contributed by atoms with van der Waals surface area (Å²) in [5, 5.41) is 0.404. The molecule has 4 heteroatoms. The molecule has 104 valence electrons. The molecule has 2 rings (SSSR count). The first-order valence-corrected chi connectivity index (χ1v) is 6.76. The van der Waals surface area contributed by atoms with E-state index in [1.807, 2.05) is 24.3 Å². The van der Waals surface area contributed by atoms with Crippen LogP contribution in [0.15, 0.2) is 42.5 Å². The summed E-state index contributed by atoms with van der Waals surface area (Å²) in [6.45, 7) is 2.75. The van der Waals surface area contributed by atoms with Crippen molar-refractivity contribution in [3.05, 3.63) is 53.1 Å². The summed E-state index contributed by atoms with van der Waals surface area (Å²) in [6.07, 6.45) is 1.71. The Morgan fingerprint density at radius 2 is 1.80 bits per heavy atom. The number of hydrogen-bond acceptors (Lipinski definition) is 3. The summed E-state index contributed by atoms with van der Waals surface area (Å²) in [6, 6.07) is 12.2. The topological polar surface area (TPSA) is 35.5 Å². The van der Waals surface area contributed by atoms with Gasteiger partial charge in [-0.3, -0.25) is 4.79 Å². The Morgan fingerprint density at radius 1 is 1.10 bits per heavy atom. The smallest absolute Gasteiger partial charge is 0.150 e. The Morgan fingerprint density at radius 3 is 2.40 bits per heavy atom. The van der Waals surface area contributed by atoms with Gasteiger partial charge in [-0.1, -0.05) is 18.5 Å². The fraction of sp³-hybridized carbons (Fsp3) is 0.188. The van der Waals surface area contributed by atoms with Crippen molar-refractivity contribution in [2.45, 2.75) is 13.3 Å². The molecule has 0 aromatic heterocycles. The SMILES string of the molecule is CCCOc1ccc(Oc2ccc(C=O)cc2Cl)cc1. The Labute approximate surface area is 123 Å². The molecule has 2 aromatic rings. The molecule has 0 aliphatic rings. The van der Waals surface area contributed by atoms with Crippen LogP contribution in [0.5, 0.6) is 17.2 Å². The second-order valence-corrected chi connectivity index (χ2v) is 4.64. The number of hydrogen-bond donors (Lipinski definition) is 0. The Hall–Kier alpha value is -2.00. The van der Waals surface area contributed by atoms with Crippen LogP contribution < -0.4 is 9.47 Å². The molecule has 3 nitrogen and oxygen atoms in total. The van der Waals surface area contributed by atoms with E-state index in [2.05, 4.69) is 6.92 Å². The molecule has 0 radical (unpaired) electrons. The molecule has 20 heavy (non-hydrogen) atoms. The summed E-state index contributed by atoms with van der Waals surface area (Å²) in [5.41, 5.74) is 0.519. The average molecular weight is 291 g/mol. The van der Waals surface area contributed by atoms with E-state index in [4.69, 9.17) is 21.1 Å². The van der Waals surface area contributed by atoms with Gasteiger partial charge in [-0.25, -0.2) is 0 Å². The highest BCUT2D eigenvalue weighted by Crippen LogP contribution is 2.30. The number of halogens is 1. The lowest BCUT2D eigenvalue weighted by molar-refractivity contribution is 0.112. The largest absolute Gasteiger partial charge is 0.494 e. The average Bonchev–Trinajstić information content (AvgIpc) is 2.48. The normalized spacial score (nSPS) is 10.1. The van der Waals surface area contributed by atoms with E-state index in [-0.39, 0.29) is 0 Å². The van der Waals surface area contributed by atoms with Crippen molar-refractivity contribution in [1.29, 1.82) is 0 Å². The standard InChI is InChI=1S/C16H15ClO3/c1-2-9-19-13-4-6-14(7-5-13)20-16-8-3-12(11-18)10-15(16)17/h3-8,10-11H,2,9H2,1H3. The van der Waals surface area contributed by atoms with Gasteiger partial charge in [-0.2, -0.15) is 0 Å². The third kappa shape index (κ3) is 3.75. The second kappa shape index (κ2) is 6.96. The van der Waals surface area contributed by atoms with Gasteiger partial charge >= 0.3 is 0 Å². The summed E-state index contributed by atoms with van der Waals surface area (Å²) in [7, 11) is 0. The summed E-state index contributed by atoms with van der Waals surface area (Å²) < 4.78 is 11.2. The van der Waals surface area contributed by atoms with Gasteiger partial charge in [0.05, 0.1) is 11.6 Å². The van der Waals surface area contributed by atoms with Crippen LogP contribution in [0.4, 0.5) is 0 Å². The molecule has 0 amide bonds. The van der Waals surface area contributed by atoms with Crippen LogP contribution in [-0.2, 0) is 0 Å². The van der Waals surface area contributed by atoms with Crippen LogP contribution in [0.25, 0.3) is 0 Å². The molecule has 0 aliphatic heterocycles. The van der Waals surface area contributed by atoms with Gasteiger partial charge in [0.15, 0.2) is 0 Å². The van der Waals surface area contributed by atoms with E-state index in [1.165, 1.54) is 0 Å². The van der Waals surface area contributed by atoms with Crippen LogP contribution in [-0.4, -0.2) is 12.9 Å². The summed E-state index contributed by atoms with van der Waals surface area (Å²) >= 11 is 6.05. The van der Waals surface area contributed by atoms with Gasteiger partial charge in [0, 0.05) is 5.56 Å². The van der Waals surface area contributed by atoms with Crippen molar-refractivity contribution in [2.24, 2.45) is 0 Å². The lowest BCUT2D eigenvalue weighted by Crippen LogP contribution is -1.94. The maximum Gasteiger partial charge on any atom is 0.150 e. The van der Waals surface area contributed by atoms with Gasteiger partial charge in [0.25, 0.3) is 0 Å². The zero-order valence-electron chi connectivity index (χ0n) is 11.1. The number of aldehydes is 1. The minimum Gasteiger partial charge on any atom is -0.494 e. The molecule has 0 bridgehead atoms. The predicted octanol–water partition coefficient (Wildman–Crippen LogP) is 4.73. The van der Waals surface area contributed by atoms with Crippen molar-refractivity contribution in [1.82, 2.24) is 0 Å². The fourth-order valence-electron chi connectivity index (χ4n) is 1.62. The minimum atomic E-state index is 0.404. The quantitative estimate of drug-likeness (QED) is 0.721. The third-order valence-corrected chi connectivity index (χ3v) is 2.91. The molecule has 2 aromatic carbocycles. The monoisotopic (exact) mass is 290 g/mol. The maximum atomic E-state index is 10.6. The van der Waals surface area contributed by atoms with Gasteiger partial charge in [-0.05, 0) is 48.9 Å². The van der Waals surface area contributed by atoms with Crippen LogP contribution in [0.1, 0.15) is 23.7 Å². The molecular formula is C16H15ClO3. The number of benzene rings is 2. The fourth-order valence-corrected chi connectivity index (χ4v) is 1.85. The molecule has 0 atom stereocenters. The van der Waals surface area contributed by atoms with Crippen LogP contribution in [0.2, 0.25) is 5.02 Å². The first-order chi connectivity index (χ1) is 9.72. The Bertz CT molecular complexity index is 579. The van der Waals surface area contributed by atoms with Crippen molar-refractivity contribution >= 4 is 17.9 Å². The lowest BCUT2D eigenvalue weighted by Gasteiger charge is -2.09. The molecule has 0 heterocycles. The highest BCUT2D eigenvalue weighted by atomic mass is 35.5. The molecular weight excluding hydrogens is 276 g/mol. The van der Waals surface area contributed by atoms with E-state index in [0.29, 0.717) is 28.7 Å². The van der Waals surface area contributed by atoms with Crippen molar-refractivity contribution in [2.75, 3.05) is 6.61 Å². The Kier molecular flexibility index (Phi) is 5.02. The summed E-state index contributed by atoms with van der Waals surface area (Å²) in [5.74, 6) is 1.98. The molecule has 0 saturated heterocycles. The molecule has 0 spiro atoms. The van der Waals surface area contributed by atoms with Gasteiger partial charge in [0.1, 0.15) is 23.5 Å². The minimum absolute atomic E-state index is 0.404. The van der Waals surface area contributed by atoms with E-state index in [9.17, 15) is 4.79 Å². The predicted molar refractivity (Wildman–Crippen MR) is 79.1 cm³/mol. The van der Waals surface area contributed by atoms with Crippen LogP contribution in [0.3, 0.4) is 0 Å². The van der Waals surface area contributed by atoms with E-state index >= 15 is 0 Å². The first kappa shape index (κ1) is 14.4. The van der Waals surface area contributed by atoms with Crippen LogP contribution in [0, 0.1) is 0 Å². The number of carbonyl (C=O) groups is 1. The highest BCUT2D eigenvalue weighted by molar-refractivity contribution is 6.32. The highest BCUT2D eigenvalue weighted by Gasteiger charge is 2.04. The molecule has 0 N–H and O–H groups in total. The maximum absolute atomic E-state index is 10.6. The Balaban J connectivity index is 2.08. The van der Waals surface area contributed by atoms with Crippen molar-refractivity contribution in [3.8, 4) is 17.2 Å². The number of rotatable bonds is 6. The molecule has 0 unspecified atom stereocenters. The third-order valence-electron chi connectivity index (χ3n) is 2.62. The zero-order chi connectivity index (χ0) is 14.4. The molecule has 0 aliphatic carbocycles. The molecule has 0 saturated carbocycles. The lowest BCUT2D eigenvalue weighted by atomic mass is 10.2. The zero-order valence-corrected chi connectivity index (χ0v) is 11.9. The van der Waals surface area contributed by atoms with Gasteiger partial charge < -0.3 is 9.47 Å². The summed E-state index contributed by atoms with van der Waals surface area (Å²) in [4.78, 5) is 10.6. The second-order valence-electron chi connectivity index (χ2n) is 4.23. The van der Waals surface area contributed by atoms with E-state index in [1.54, 1.807) is 18.2 Å². The van der Waals surface area contributed by atoms with E-state index < -0.39 is 0 Å². The van der Waals surface area contributed by atoms with Crippen molar-refractivity contribution < 1.29 is 14.3 Å². The van der Waals surface area contributed by atoms with Crippen LogP contribution >= 0.6 is 11.6 Å². The molecule has 0 fully saturated rings. The van der Waals surface area contributed by atoms with Gasteiger partial charge in [0.2, 0.25) is 0 Å². The first-order valence-electron chi connectivity index (χ1n) is 6.38. The van der Waals surface area contributed by atoms with Crippen molar-refractivity contribution in [3.63, 3.8) is 0 Å². The number of carbonyl (C=O) groups excluding carboxylic acids is 1.